The third kappa shape index (κ3) is 3.43. The van der Waals surface area contributed by atoms with Crippen molar-refractivity contribution >= 4 is 11.7 Å². The van der Waals surface area contributed by atoms with Gasteiger partial charge in [-0.15, -0.1) is 0 Å². The highest BCUT2D eigenvalue weighted by atomic mass is 19.4. The third-order valence-electron chi connectivity index (χ3n) is 3.62. The van der Waals surface area contributed by atoms with E-state index in [1.54, 1.807) is 11.8 Å². The maximum Gasteiger partial charge on any atom is 0.454 e. The molecule has 3 nitrogen and oxygen atoms in total. The minimum absolute atomic E-state index is 0.182. The van der Waals surface area contributed by atoms with E-state index in [0.717, 1.165) is 31.4 Å². The number of rotatable bonds is 2. The van der Waals surface area contributed by atoms with Gasteiger partial charge >= 0.3 is 6.18 Å². The van der Waals surface area contributed by atoms with Crippen molar-refractivity contribution < 1.29 is 22.8 Å². The number of nitrogens with zero attached hydrogens (tertiary/aromatic N) is 1. The van der Waals surface area contributed by atoms with Gasteiger partial charge in [-0.2, -0.15) is 13.2 Å². The standard InChI is InChI=1S/C15H16F3NO2/c1-10-9-11(13(20)15(16,17)18)5-6-12(10)14(21)19-7-3-2-4-8-19/h5-6,9H,2-4,7-8H2,1H3. The summed E-state index contributed by atoms with van der Waals surface area (Å²) in [5, 5.41) is 0. The zero-order valence-corrected chi connectivity index (χ0v) is 11.7. The predicted molar refractivity (Wildman–Crippen MR) is 71.3 cm³/mol. The molecule has 6 heteroatoms. The molecular formula is C15H16F3NO2. The van der Waals surface area contributed by atoms with Crippen LogP contribution in [0.3, 0.4) is 0 Å². The van der Waals surface area contributed by atoms with Gasteiger partial charge in [-0.25, -0.2) is 0 Å². The Balaban J connectivity index is 2.23. The Morgan fingerprint density at radius 2 is 1.71 bits per heavy atom. The summed E-state index contributed by atoms with van der Waals surface area (Å²) >= 11 is 0. The molecule has 0 aliphatic carbocycles. The number of hydrogen-bond donors (Lipinski definition) is 0. The summed E-state index contributed by atoms with van der Waals surface area (Å²) < 4.78 is 37.2. The molecule has 0 atom stereocenters. The highest BCUT2D eigenvalue weighted by Gasteiger charge is 2.39. The maximum absolute atomic E-state index is 12.4. The number of benzene rings is 1. The van der Waals surface area contributed by atoms with E-state index in [9.17, 15) is 22.8 Å². The van der Waals surface area contributed by atoms with Crippen molar-refractivity contribution in [3.63, 3.8) is 0 Å². The molecule has 1 aliphatic rings. The zero-order valence-electron chi connectivity index (χ0n) is 11.7. The number of halogens is 3. The Kier molecular flexibility index (Phi) is 4.34. The molecule has 114 valence electrons. The Morgan fingerprint density at radius 1 is 1.10 bits per heavy atom. The summed E-state index contributed by atoms with van der Waals surface area (Å²) in [6, 6.07) is 3.51. The van der Waals surface area contributed by atoms with Gasteiger partial charge in [0.2, 0.25) is 0 Å². The molecule has 1 amide bonds. The molecule has 1 fully saturated rings. The van der Waals surface area contributed by atoms with Crippen LogP contribution < -0.4 is 0 Å². The van der Waals surface area contributed by atoms with Gasteiger partial charge in [0.15, 0.2) is 0 Å². The number of amides is 1. The summed E-state index contributed by atoms with van der Waals surface area (Å²) in [6.07, 6.45) is -1.93. The highest BCUT2D eigenvalue weighted by molar-refractivity contribution is 6.02. The van der Waals surface area contributed by atoms with E-state index in [1.807, 2.05) is 0 Å². The van der Waals surface area contributed by atoms with Gasteiger partial charge in [0.05, 0.1) is 0 Å². The van der Waals surface area contributed by atoms with E-state index in [4.69, 9.17) is 0 Å². The van der Waals surface area contributed by atoms with Crippen LogP contribution in [0.5, 0.6) is 0 Å². The molecule has 0 saturated carbocycles. The Morgan fingerprint density at radius 3 is 2.24 bits per heavy atom. The molecule has 0 aromatic heterocycles. The fourth-order valence-electron chi connectivity index (χ4n) is 2.48. The highest BCUT2D eigenvalue weighted by Crippen LogP contribution is 2.24. The lowest BCUT2D eigenvalue weighted by atomic mass is 10.0. The van der Waals surface area contributed by atoms with E-state index < -0.39 is 17.5 Å². The van der Waals surface area contributed by atoms with Crippen molar-refractivity contribution in [2.45, 2.75) is 32.4 Å². The van der Waals surface area contributed by atoms with Gasteiger partial charge in [-0.3, -0.25) is 9.59 Å². The van der Waals surface area contributed by atoms with Crippen LogP contribution in [0.15, 0.2) is 18.2 Å². The summed E-state index contributed by atoms with van der Waals surface area (Å²) in [5.74, 6) is -2.07. The van der Waals surface area contributed by atoms with Crippen LogP contribution in [0.25, 0.3) is 0 Å². The molecule has 0 spiro atoms. The van der Waals surface area contributed by atoms with E-state index >= 15 is 0 Å². The molecule has 1 heterocycles. The normalized spacial score (nSPS) is 15.9. The van der Waals surface area contributed by atoms with Crippen LogP contribution in [0.1, 0.15) is 45.5 Å². The second-order valence-electron chi connectivity index (χ2n) is 5.21. The molecule has 0 bridgehead atoms. The molecule has 2 rings (SSSR count). The minimum Gasteiger partial charge on any atom is -0.339 e. The first-order valence-corrected chi connectivity index (χ1v) is 6.82. The minimum atomic E-state index is -4.90. The maximum atomic E-state index is 12.4. The fourth-order valence-corrected chi connectivity index (χ4v) is 2.48. The molecule has 0 radical (unpaired) electrons. The number of piperidine rings is 1. The average molecular weight is 299 g/mol. The van der Waals surface area contributed by atoms with Gasteiger partial charge in [-0.05, 0) is 43.9 Å². The number of likely N-dealkylation sites (tertiary alicyclic amines) is 1. The molecule has 0 unspecified atom stereocenters. The fraction of sp³-hybridized carbons (Fsp3) is 0.467. The number of carbonyl (C=O) groups is 2. The summed E-state index contributed by atoms with van der Waals surface area (Å²) in [6.45, 7) is 2.88. The van der Waals surface area contributed by atoms with E-state index in [0.29, 0.717) is 24.2 Å². The number of carbonyl (C=O) groups excluding carboxylic acids is 2. The number of aryl methyl sites for hydroxylation is 1. The van der Waals surface area contributed by atoms with Gasteiger partial charge in [0.25, 0.3) is 11.7 Å². The number of Topliss-reactive ketones (excluding diaryl/α,β-unsaturated/α-hetero) is 1. The van der Waals surface area contributed by atoms with Crippen molar-refractivity contribution in [3.8, 4) is 0 Å². The smallest absolute Gasteiger partial charge is 0.339 e. The molecule has 1 aromatic carbocycles. The predicted octanol–water partition coefficient (Wildman–Crippen LogP) is 3.37. The van der Waals surface area contributed by atoms with Crippen molar-refractivity contribution in [2.75, 3.05) is 13.1 Å². The van der Waals surface area contributed by atoms with Crippen LogP contribution in [-0.4, -0.2) is 35.9 Å². The number of ketones is 1. The number of alkyl halides is 3. The van der Waals surface area contributed by atoms with Gasteiger partial charge in [-0.1, -0.05) is 6.07 Å². The molecule has 1 aromatic rings. The Hall–Kier alpha value is -1.85. The first-order chi connectivity index (χ1) is 9.80. The van der Waals surface area contributed by atoms with E-state index in [-0.39, 0.29) is 5.91 Å². The number of hydrogen-bond acceptors (Lipinski definition) is 2. The van der Waals surface area contributed by atoms with Crippen molar-refractivity contribution in [1.82, 2.24) is 4.90 Å². The van der Waals surface area contributed by atoms with Crippen molar-refractivity contribution in [3.05, 3.63) is 34.9 Å². The molecular weight excluding hydrogens is 283 g/mol. The van der Waals surface area contributed by atoms with Crippen LogP contribution >= 0.6 is 0 Å². The topological polar surface area (TPSA) is 37.4 Å². The lowest BCUT2D eigenvalue weighted by molar-refractivity contribution is -0.0885. The van der Waals surface area contributed by atoms with Crippen LogP contribution in [0, 0.1) is 6.92 Å². The van der Waals surface area contributed by atoms with Crippen LogP contribution in [0.2, 0.25) is 0 Å². The second kappa shape index (κ2) is 5.87. The first kappa shape index (κ1) is 15.5. The lowest BCUT2D eigenvalue weighted by Crippen LogP contribution is -2.36. The summed E-state index contributed by atoms with van der Waals surface area (Å²) in [7, 11) is 0. The first-order valence-electron chi connectivity index (χ1n) is 6.82. The monoisotopic (exact) mass is 299 g/mol. The van der Waals surface area contributed by atoms with Gasteiger partial charge in [0.1, 0.15) is 0 Å². The van der Waals surface area contributed by atoms with Gasteiger partial charge < -0.3 is 4.90 Å². The summed E-state index contributed by atoms with van der Waals surface area (Å²) in [4.78, 5) is 25.2. The van der Waals surface area contributed by atoms with E-state index in [1.165, 1.54) is 6.07 Å². The van der Waals surface area contributed by atoms with Crippen LogP contribution in [-0.2, 0) is 0 Å². The van der Waals surface area contributed by atoms with Crippen molar-refractivity contribution in [1.29, 1.82) is 0 Å². The van der Waals surface area contributed by atoms with E-state index in [2.05, 4.69) is 0 Å². The van der Waals surface area contributed by atoms with Gasteiger partial charge in [0, 0.05) is 24.2 Å². The summed E-state index contributed by atoms with van der Waals surface area (Å²) in [5.41, 5.74) is 0.312. The SMILES string of the molecule is Cc1cc(C(=O)C(F)(F)F)ccc1C(=O)N1CCCCC1. The Bertz CT molecular complexity index is 561. The van der Waals surface area contributed by atoms with Crippen LogP contribution in [0.4, 0.5) is 13.2 Å². The lowest BCUT2D eigenvalue weighted by Gasteiger charge is -2.27. The third-order valence-corrected chi connectivity index (χ3v) is 3.62. The average Bonchev–Trinajstić information content (AvgIpc) is 2.45. The largest absolute Gasteiger partial charge is 0.454 e. The van der Waals surface area contributed by atoms with Crippen molar-refractivity contribution in [2.24, 2.45) is 0 Å². The quantitative estimate of drug-likeness (QED) is 0.785. The Labute approximate surface area is 120 Å². The molecule has 0 N–H and O–H groups in total. The molecule has 21 heavy (non-hydrogen) atoms. The second-order valence-corrected chi connectivity index (χ2v) is 5.21. The zero-order chi connectivity index (χ0) is 15.6. The molecule has 1 aliphatic heterocycles. The molecule has 1 saturated heterocycles.